The topological polar surface area (TPSA) is 21.3 Å². The molecule has 0 saturated carbocycles. The van der Waals surface area contributed by atoms with Crippen molar-refractivity contribution < 1.29 is 13.5 Å². The van der Waals surface area contributed by atoms with Gasteiger partial charge in [0.1, 0.15) is 11.4 Å². The number of rotatable bonds is 3. The Bertz CT molecular complexity index is 446. The summed E-state index contributed by atoms with van der Waals surface area (Å²) < 4.78 is 33.3. The molecule has 0 aromatic heterocycles. The summed E-state index contributed by atoms with van der Waals surface area (Å²) in [7, 11) is 0. The molecule has 0 saturated heterocycles. The lowest BCUT2D eigenvalue weighted by molar-refractivity contribution is 0.0590. The van der Waals surface area contributed by atoms with E-state index in [1.54, 1.807) is 0 Å². The molecule has 2 nitrogen and oxygen atoms in total. The third-order valence-electron chi connectivity index (χ3n) is 3.16. The van der Waals surface area contributed by atoms with Crippen LogP contribution < -0.4 is 10.1 Å². The number of hydrogen-bond donors (Lipinski definition) is 1. The van der Waals surface area contributed by atoms with Gasteiger partial charge in [-0.1, -0.05) is 6.92 Å². The van der Waals surface area contributed by atoms with Gasteiger partial charge < -0.3 is 10.1 Å². The van der Waals surface area contributed by atoms with Gasteiger partial charge in [-0.25, -0.2) is 8.78 Å². The molecule has 0 radical (unpaired) electrons. The van der Waals surface area contributed by atoms with Gasteiger partial charge in [0, 0.05) is 18.0 Å². The van der Waals surface area contributed by atoms with Gasteiger partial charge in [0.25, 0.3) is 0 Å². The fourth-order valence-electron chi connectivity index (χ4n) is 2.38. The predicted octanol–water partition coefficient (Wildman–Crippen LogP) is 3.57. The van der Waals surface area contributed by atoms with Crippen LogP contribution >= 0.6 is 0 Å². The summed E-state index contributed by atoms with van der Waals surface area (Å²) in [6.07, 6.45) is 1.57. The quantitative estimate of drug-likeness (QED) is 0.891. The van der Waals surface area contributed by atoms with Crippen LogP contribution in [0.4, 0.5) is 8.78 Å². The number of halogens is 2. The lowest BCUT2D eigenvalue weighted by atomic mass is 9.89. The Kier molecular flexibility index (Phi) is 3.57. The Balaban J connectivity index is 2.43. The van der Waals surface area contributed by atoms with Crippen LogP contribution in [-0.2, 0) is 0 Å². The van der Waals surface area contributed by atoms with Crippen molar-refractivity contribution in [2.45, 2.75) is 45.3 Å². The van der Waals surface area contributed by atoms with E-state index in [0.29, 0.717) is 12.0 Å². The van der Waals surface area contributed by atoms with Crippen molar-refractivity contribution in [3.05, 3.63) is 29.3 Å². The fourth-order valence-corrected chi connectivity index (χ4v) is 2.38. The summed E-state index contributed by atoms with van der Waals surface area (Å²) in [5.74, 6) is -0.849. The molecule has 4 heteroatoms. The summed E-state index contributed by atoms with van der Waals surface area (Å²) in [6.45, 7) is 6.60. The van der Waals surface area contributed by atoms with Gasteiger partial charge in [0.05, 0.1) is 0 Å². The smallest absolute Gasteiger partial charge is 0.165 e. The second kappa shape index (κ2) is 4.84. The highest BCUT2D eigenvalue weighted by atomic mass is 19.1. The van der Waals surface area contributed by atoms with E-state index >= 15 is 0 Å². The van der Waals surface area contributed by atoms with E-state index in [2.05, 4.69) is 5.32 Å². The molecular formula is C14H19F2NO. The number of benzene rings is 1. The van der Waals surface area contributed by atoms with Crippen LogP contribution in [0.1, 0.15) is 45.2 Å². The molecule has 2 rings (SSSR count). The molecular weight excluding hydrogens is 236 g/mol. The molecule has 0 aliphatic carbocycles. The van der Waals surface area contributed by atoms with E-state index in [-0.39, 0.29) is 11.8 Å². The molecule has 1 unspecified atom stereocenters. The van der Waals surface area contributed by atoms with Crippen molar-refractivity contribution in [1.82, 2.24) is 5.32 Å². The molecule has 1 heterocycles. The van der Waals surface area contributed by atoms with Crippen molar-refractivity contribution in [2.24, 2.45) is 0 Å². The predicted molar refractivity (Wildman–Crippen MR) is 66.7 cm³/mol. The summed E-state index contributed by atoms with van der Waals surface area (Å²) in [5.41, 5.74) is -0.171. The van der Waals surface area contributed by atoms with Crippen LogP contribution in [0, 0.1) is 11.6 Å². The molecule has 1 N–H and O–H groups in total. The average Bonchev–Trinajstić information content (AvgIpc) is 2.29. The number of hydrogen-bond acceptors (Lipinski definition) is 2. The minimum absolute atomic E-state index is 0.0554. The maximum Gasteiger partial charge on any atom is 0.165 e. The van der Waals surface area contributed by atoms with E-state index < -0.39 is 17.2 Å². The molecule has 1 aromatic carbocycles. The van der Waals surface area contributed by atoms with E-state index in [1.807, 2.05) is 20.8 Å². The number of ether oxygens (including phenoxy) is 1. The molecule has 100 valence electrons. The minimum Gasteiger partial charge on any atom is -0.484 e. The first-order valence-corrected chi connectivity index (χ1v) is 6.35. The first-order valence-electron chi connectivity index (χ1n) is 6.35. The highest BCUT2D eigenvalue weighted by Gasteiger charge is 2.37. The zero-order valence-corrected chi connectivity index (χ0v) is 11.0. The van der Waals surface area contributed by atoms with Crippen LogP contribution in [0.3, 0.4) is 0 Å². The molecule has 0 bridgehead atoms. The van der Waals surface area contributed by atoms with Crippen molar-refractivity contribution in [3.63, 3.8) is 0 Å². The standard InChI is InChI=1S/C14H19F2NO/c1-4-7-17-11-8-14(2,3)18-13-10(16)6-5-9(15)12(11)13/h5-6,11,17H,4,7-8H2,1-3H3. The van der Waals surface area contributed by atoms with Gasteiger partial charge in [0.15, 0.2) is 11.6 Å². The van der Waals surface area contributed by atoms with E-state index in [9.17, 15) is 8.78 Å². The lowest BCUT2D eigenvalue weighted by Gasteiger charge is -2.38. The Morgan fingerprint density at radius 3 is 2.67 bits per heavy atom. The largest absolute Gasteiger partial charge is 0.484 e. The van der Waals surface area contributed by atoms with E-state index in [4.69, 9.17) is 4.74 Å². The summed E-state index contributed by atoms with van der Waals surface area (Å²) in [5, 5.41) is 3.26. The van der Waals surface area contributed by atoms with Crippen LogP contribution in [0.5, 0.6) is 5.75 Å². The molecule has 1 aromatic rings. The van der Waals surface area contributed by atoms with E-state index in [0.717, 1.165) is 25.1 Å². The van der Waals surface area contributed by atoms with Crippen LogP contribution in [-0.4, -0.2) is 12.1 Å². The van der Waals surface area contributed by atoms with Gasteiger partial charge in [-0.05, 0) is 38.9 Å². The number of fused-ring (bicyclic) bond motifs is 1. The molecule has 18 heavy (non-hydrogen) atoms. The van der Waals surface area contributed by atoms with Gasteiger partial charge in [0.2, 0.25) is 0 Å². The highest BCUT2D eigenvalue weighted by molar-refractivity contribution is 5.41. The zero-order chi connectivity index (χ0) is 13.3. The Morgan fingerprint density at radius 2 is 2.00 bits per heavy atom. The Labute approximate surface area is 106 Å². The van der Waals surface area contributed by atoms with Crippen molar-refractivity contribution in [3.8, 4) is 5.75 Å². The normalized spacial score (nSPS) is 21.3. The molecule has 1 atom stereocenters. The van der Waals surface area contributed by atoms with Gasteiger partial charge >= 0.3 is 0 Å². The summed E-state index contributed by atoms with van der Waals surface area (Å²) >= 11 is 0. The van der Waals surface area contributed by atoms with Crippen molar-refractivity contribution in [1.29, 1.82) is 0 Å². The second-order valence-electron chi connectivity index (χ2n) is 5.34. The van der Waals surface area contributed by atoms with Gasteiger partial charge in [-0.3, -0.25) is 0 Å². The summed E-state index contributed by atoms with van der Waals surface area (Å²) in [4.78, 5) is 0. The molecule has 0 amide bonds. The molecule has 1 aliphatic heterocycles. The summed E-state index contributed by atoms with van der Waals surface area (Å²) in [6, 6.07) is 2.09. The first kappa shape index (κ1) is 13.3. The first-order chi connectivity index (χ1) is 8.44. The monoisotopic (exact) mass is 255 g/mol. The second-order valence-corrected chi connectivity index (χ2v) is 5.34. The van der Waals surface area contributed by atoms with Crippen molar-refractivity contribution in [2.75, 3.05) is 6.54 Å². The lowest BCUT2D eigenvalue weighted by Crippen LogP contribution is -2.40. The minimum atomic E-state index is -0.498. The SMILES string of the molecule is CCCNC1CC(C)(C)Oc2c(F)ccc(F)c21. The van der Waals surface area contributed by atoms with Crippen LogP contribution in [0.25, 0.3) is 0 Å². The van der Waals surface area contributed by atoms with Crippen molar-refractivity contribution >= 4 is 0 Å². The van der Waals surface area contributed by atoms with Gasteiger partial charge in [-0.2, -0.15) is 0 Å². The van der Waals surface area contributed by atoms with Crippen LogP contribution in [0.2, 0.25) is 0 Å². The molecule has 0 fully saturated rings. The Hall–Kier alpha value is -1.16. The zero-order valence-electron chi connectivity index (χ0n) is 11.0. The fraction of sp³-hybridized carbons (Fsp3) is 0.571. The molecule has 1 aliphatic rings. The van der Waals surface area contributed by atoms with E-state index in [1.165, 1.54) is 0 Å². The molecule has 0 spiro atoms. The Morgan fingerprint density at radius 1 is 1.33 bits per heavy atom. The van der Waals surface area contributed by atoms with Crippen LogP contribution in [0.15, 0.2) is 12.1 Å². The third kappa shape index (κ3) is 2.48. The maximum atomic E-state index is 13.9. The maximum absolute atomic E-state index is 13.9. The third-order valence-corrected chi connectivity index (χ3v) is 3.16. The average molecular weight is 255 g/mol. The van der Waals surface area contributed by atoms with Gasteiger partial charge in [-0.15, -0.1) is 0 Å². The number of nitrogens with one attached hydrogen (secondary N) is 1. The highest BCUT2D eigenvalue weighted by Crippen LogP contribution is 2.42.